The minimum Gasteiger partial charge on any atom is -0.306 e. The summed E-state index contributed by atoms with van der Waals surface area (Å²) in [5.41, 5.74) is 3.92. The first-order valence-electron chi connectivity index (χ1n) is 8.68. The minimum absolute atomic E-state index is 0.267. The van der Waals surface area contributed by atoms with E-state index in [2.05, 4.69) is 10.3 Å². The fourth-order valence-corrected chi connectivity index (χ4v) is 3.05. The summed E-state index contributed by atoms with van der Waals surface area (Å²) in [6, 6.07) is 19.5. The van der Waals surface area contributed by atoms with Crippen LogP contribution in [0.2, 0.25) is 0 Å². The summed E-state index contributed by atoms with van der Waals surface area (Å²) in [7, 11) is 0. The topological polar surface area (TPSA) is 46.4 Å². The third kappa shape index (κ3) is 3.58. The number of carbonyl (C=O) groups excluding carboxylic acids is 1. The van der Waals surface area contributed by atoms with Gasteiger partial charge in [-0.2, -0.15) is 0 Å². The molecule has 0 bridgehead atoms. The molecule has 1 amide bonds. The van der Waals surface area contributed by atoms with Gasteiger partial charge in [0.2, 0.25) is 0 Å². The monoisotopic (exact) mass is 359 g/mol. The maximum absolute atomic E-state index is 13.5. The Bertz CT molecular complexity index is 1120. The zero-order valence-electron chi connectivity index (χ0n) is 14.8. The van der Waals surface area contributed by atoms with Gasteiger partial charge >= 0.3 is 0 Å². The van der Waals surface area contributed by atoms with Crippen LogP contribution >= 0.6 is 0 Å². The number of anilines is 1. The number of nitrogens with one attached hydrogen (secondary N) is 1. The van der Waals surface area contributed by atoms with Gasteiger partial charge in [-0.15, -0.1) is 0 Å². The first-order valence-corrected chi connectivity index (χ1v) is 8.68. The molecular formula is C22H18FN3O. The van der Waals surface area contributed by atoms with Gasteiger partial charge in [-0.1, -0.05) is 42.5 Å². The Balaban J connectivity index is 1.76. The molecule has 0 unspecified atom stereocenters. The molecule has 0 saturated carbocycles. The molecule has 2 aromatic carbocycles. The maximum Gasteiger partial charge on any atom is 0.256 e. The summed E-state index contributed by atoms with van der Waals surface area (Å²) >= 11 is 0. The van der Waals surface area contributed by atoms with Crippen LogP contribution in [0.4, 0.5) is 10.2 Å². The zero-order chi connectivity index (χ0) is 18.8. The molecule has 0 spiro atoms. The van der Waals surface area contributed by atoms with Gasteiger partial charge in [-0.05, 0) is 42.3 Å². The number of hydrogen-bond acceptors (Lipinski definition) is 2. The average Bonchev–Trinajstić information content (AvgIpc) is 2.99. The Labute approximate surface area is 156 Å². The van der Waals surface area contributed by atoms with Gasteiger partial charge in [-0.3, -0.25) is 9.20 Å². The van der Waals surface area contributed by atoms with E-state index in [0.29, 0.717) is 12.2 Å². The fraction of sp³-hybridized carbons (Fsp3) is 0.0909. The van der Waals surface area contributed by atoms with Crippen molar-refractivity contribution in [2.24, 2.45) is 0 Å². The van der Waals surface area contributed by atoms with Crippen LogP contribution in [-0.2, 0) is 6.42 Å². The molecule has 5 heteroatoms. The van der Waals surface area contributed by atoms with E-state index < -0.39 is 5.82 Å². The van der Waals surface area contributed by atoms with Crippen molar-refractivity contribution in [2.75, 3.05) is 5.32 Å². The van der Waals surface area contributed by atoms with Crippen LogP contribution in [-0.4, -0.2) is 15.3 Å². The second-order valence-electron chi connectivity index (χ2n) is 6.47. The highest BCUT2D eigenvalue weighted by Crippen LogP contribution is 2.23. The molecule has 0 fully saturated rings. The number of aryl methyl sites for hydroxylation is 1. The van der Waals surface area contributed by atoms with Crippen LogP contribution in [0.5, 0.6) is 0 Å². The number of pyridine rings is 1. The van der Waals surface area contributed by atoms with Crippen LogP contribution in [0.25, 0.3) is 5.65 Å². The summed E-state index contributed by atoms with van der Waals surface area (Å²) in [5, 5.41) is 2.92. The summed E-state index contributed by atoms with van der Waals surface area (Å²) in [4.78, 5) is 17.4. The van der Waals surface area contributed by atoms with E-state index in [1.54, 1.807) is 6.07 Å². The zero-order valence-corrected chi connectivity index (χ0v) is 14.8. The number of nitrogens with zero attached hydrogens (tertiary/aromatic N) is 2. The molecular weight excluding hydrogens is 341 g/mol. The lowest BCUT2D eigenvalue weighted by Gasteiger charge is -2.09. The first kappa shape index (κ1) is 17.0. The summed E-state index contributed by atoms with van der Waals surface area (Å²) in [6.45, 7) is 1.98. The third-order valence-corrected chi connectivity index (χ3v) is 4.37. The Morgan fingerprint density at radius 2 is 1.89 bits per heavy atom. The maximum atomic E-state index is 13.5. The predicted molar refractivity (Wildman–Crippen MR) is 104 cm³/mol. The van der Waals surface area contributed by atoms with Crippen molar-refractivity contribution >= 4 is 17.4 Å². The quantitative estimate of drug-likeness (QED) is 0.578. The van der Waals surface area contributed by atoms with Crippen LogP contribution in [0, 0.1) is 12.7 Å². The highest BCUT2D eigenvalue weighted by Gasteiger charge is 2.16. The average molecular weight is 359 g/mol. The van der Waals surface area contributed by atoms with Gasteiger partial charge in [0.15, 0.2) is 0 Å². The number of halogens is 1. The number of amides is 1. The highest BCUT2D eigenvalue weighted by atomic mass is 19.1. The van der Waals surface area contributed by atoms with Crippen LogP contribution in [0.1, 0.15) is 27.2 Å². The third-order valence-electron chi connectivity index (χ3n) is 4.37. The summed E-state index contributed by atoms with van der Waals surface area (Å²) in [6.07, 6.45) is 2.51. The second kappa shape index (κ2) is 7.03. The van der Waals surface area contributed by atoms with Crippen molar-refractivity contribution in [3.63, 3.8) is 0 Å². The minimum atomic E-state index is -0.443. The Morgan fingerprint density at radius 3 is 2.67 bits per heavy atom. The number of rotatable bonds is 4. The number of fused-ring (bicyclic) bond motifs is 1. The number of hydrogen-bond donors (Lipinski definition) is 1. The van der Waals surface area contributed by atoms with Crippen molar-refractivity contribution in [1.82, 2.24) is 9.38 Å². The lowest BCUT2D eigenvalue weighted by atomic mass is 10.1. The van der Waals surface area contributed by atoms with Crippen LogP contribution in [0.3, 0.4) is 0 Å². The first-order chi connectivity index (χ1) is 13.1. The standard InChI is InChI=1S/C22H18FN3O/c1-15-10-11-20-24-19(12-16-6-3-2-4-7-16)21(26(20)14-15)25-22(27)17-8-5-9-18(23)13-17/h2-11,13-14H,12H2,1H3,(H,25,27). The molecule has 0 saturated heterocycles. The van der Waals surface area contributed by atoms with Crippen LogP contribution < -0.4 is 5.32 Å². The van der Waals surface area contributed by atoms with Crippen molar-refractivity contribution in [1.29, 1.82) is 0 Å². The van der Waals surface area contributed by atoms with E-state index in [0.717, 1.165) is 22.5 Å². The molecule has 0 aliphatic carbocycles. The van der Waals surface area contributed by atoms with Gasteiger partial charge in [0.05, 0.1) is 5.69 Å². The van der Waals surface area contributed by atoms with Gasteiger partial charge in [0.1, 0.15) is 17.3 Å². The highest BCUT2D eigenvalue weighted by molar-refractivity contribution is 6.04. The number of carbonyl (C=O) groups is 1. The Hall–Kier alpha value is -3.47. The molecule has 4 nitrogen and oxygen atoms in total. The summed E-state index contributed by atoms with van der Waals surface area (Å²) in [5.74, 6) is -0.208. The molecule has 134 valence electrons. The van der Waals surface area contributed by atoms with E-state index in [9.17, 15) is 9.18 Å². The van der Waals surface area contributed by atoms with Gasteiger partial charge in [-0.25, -0.2) is 9.37 Å². The van der Waals surface area contributed by atoms with Gasteiger partial charge in [0, 0.05) is 18.2 Å². The summed E-state index contributed by atoms with van der Waals surface area (Å²) < 4.78 is 15.3. The molecule has 0 aliphatic rings. The van der Waals surface area contributed by atoms with E-state index >= 15 is 0 Å². The van der Waals surface area contributed by atoms with E-state index in [1.807, 2.05) is 60.0 Å². The van der Waals surface area contributed by atoms with E-state index in [4.69, 9.17) is 0 Å². The number of benzene rings is 2. The molecule has 0 radical (unpaired) electrons. The molecule has 0 atom stereocenters. The van der Waals surface area contributed by atoms with Crippen molar-refractivity contribution in [3.8, 4) is 0 Å². The number of aromatic nitrogens is 2. The predicted octanol–water partition coefficient (Wildman–Crippen LogP) is 4.62. The molecule has 1 N–H and O–H groups in total. The van der Waals surface area contributed by atoms with Gasteiger partial charge in [0.25, 0.3) is 5.91 Å². The Kier molecular flexibility index (Phi) is 4.42. The normalized spacial score (nSPS) is 10.9. The second-order valence-corrected chi connectivity index (χ2v) is 6.47. The van der Waals surface area contributed by atoms with E-state index in [1.165, 1.54) is 18.2 Å². The molecule has 2 aromatic heterocycles. The van der Waals surface area contributed by atoms with Crippen LogP contribution in [0.15, 0.2) is 72.9 Å². The molecule has 4 rings (SSSR count). The van der Waals surface area contributed by atoms with Crippen molar-refractivity contribution in [2.45, 2.75) is 13.3 Å². The molecule has 4 aromatic rings. The number of imidazole rings is 1. The molecule has 27 heavy (non-hydrogen) atoms. The van der Waals surface area contributed by atoms with E-state index in [-0.39, 0.29) is 11.5 Å². The fourth-order valence-electron chi connectivity index (χ4n) is 3.05. The smallest absolute Gasteiger partial charge is 0.256 e. The lowest BCUT2D eigenvalue weighted by Crippen LogP contribution is -2.15. The Morgan fingerprint density at radius 1 is 1.07 bits per heavy atom. The van der Waals surface area contributed by atoms with Gasteiger partial charge < -0.3 is 5.32 Å². The largest absolute Gasteiger partial charge is 0.306 e. The SMILES string of the molecule is Cc1ccc2nc(Cc3ccccc3)c(NC(=O)c3cccc(F)c3)n2c1. The molecule has 2 heterocycles. The lowest BCUT2D eigenvalue weighted by molar-refractivity contribution is 0.102. The molecule has 0 aliphatic heterocycles. The van der Waals surface area contributed by atoms with Crippen molar-refractivity contribution < 1.29 is 9.18 Å². The van der Waals surface area contributed by atoms with Crippen molar-refractivity contribution in [3.05, 3.63) is 101 Å².